The maximum atomic E-state index is 15.0. The summed E-state index contributed by atoms with van der Waals surface area (Å²) in [5, 5.41) is 13.3. The van der Waals surface area contributed by atoms with Crippen molar-refractivity contribution in [3.05, 3.63) is 29.6 Å². The topological polar surface area (TPSA) is 98.7 Å². The van der Waals surface area contributed by atoms with Gasteiger partial charge >= 0.3 is 10.2 Å². The van der Waals surface area contributed by atoms with E-state index >= 15 is 4.39 Å². The van der Waals surface area contributed by atoms with Crippen LogP contribution in [0.2, 0.25) is 0 Å². The quantitative estimate of drug-likeness (QED) is 0.739. The van der Waals surface area contributed by atoms with E-state index in [1.165, 1.54) is 12.1 Å². The first-order chi connectivity index (χ1) is 11.7. The Bertz CT molecular complexity index is 851. The molecule has 1 saturated heterocycles. The lowest BCUT2D eigenvalue weighted by Gasteiger charge is -2.18. The number of hydrogen-bond acceptors (Lipinski definition) is 5. The fraction of sp³-hybridized carbons (Fsp3) is 0.438. The van der Waals surface area contributed by atoms with Crippen LogP contribution in [0.1, 0.15) is 25.8 Å². The molecule has 0 unspecified atom stereocenters. The van der Waals surface area contributed by atoms with Crippen molar-refractivity contribution in [1.82, 2.24) is 10.0 Å². The number of halogens is 1. The van der Waals surface area contributed by atoms with Crippen LogP contribution in [-0.4, -0.2) is 38.6 Å². The van der Waals surface area contributed by atoms with Gasteiger partial charge in [-0.15, -0.1) is 0 Å². The Kier molecular flexibility index (Phi) is 4.46. The second-order valence-electron chi connectivity index (χ2n) is 6.64. The number of phenols is 1. The number of rotatable bonds is 4. The molecule has 3 N–H and O–H groups in total. The summed E-state index contributed by atoms with van der Waals surface area (Å²) in [7, 11) is -4.20. The van der Waals surface area contributed by atoms with E-state index in [9.17, 15) is 18.3 Å². The Morgan fingerprint density at radius 1 is 1.40 bits per heavy atom. The molecule has 2 heterocycles. The number of hydrogen-bond donors (Lipinski definition) is 3. The number of carbonyl (C=O) groups excluding carboxylic acids is 1. The summed E-state index contributed by atoms with van der Waals surface area (Å²) in [4.78, 5) is 11.4. The molecule has 9 heteroatoms. The van der Waals surface area contributed by atoms with Crippen LogP contribution < -0.4 is 14.3 Å². The van der Waals surface area contributed by atoms with Crippen LogP contribution in [-0.2, 0) is 15.0 Å². The lowest BCUT2D eigenvalue weighted by molar-refractivity contribution is -0.117. The Morgan fingerprint density at radius 3 is 2.72 bits per heavy atom. The largest absolute Gasteiger partial charge is 0.506 e. The highest BCUT2D eigenvalue weighted by atomic mass is 32.2. The third-order valence-electron chi connectivity index (χ3n) is 4.19. The molecule has 2 aliphatic heterocycles. The van der Waals surface area contributed by atoms with Crippen LogP contribution in [0.3, 0.4) is 0 Å². The molecule has 0 aromatic heterocycles. The fourth-order valence-corrected chi connectivity index (χ4v) is 4.30. The van der Waals surface area contributed by atoms with E-state index in [4.69, 9.17) is 0 Å². The third-order valence-corrected chi connectivity index (χ3v) is 5.57. The predicted molar refractivity (Wildman–Crippen MR) is 91.7 cm³/mol. The number of nitrogens with one attached hydrogen (secondary N) is 2. The SMILES string of the molecule is CC(C)C[C@@H]1C=C(c2ccc(O)c(N3CC(=O)NS3(=O)=O)c2F)CN1. The molecule has 1 aromatic rings. The lowest BCUT2D eigenvalue weighted by Crippen LogP contribution is -2.30. The Hall–Kier alpha value is -2.13. The molecule has 0 aliphatic carbocycles. The van der Waals surface area contributed by atoms with E-state index in [2.05, 4.69) is 19.2 Å². The molecule has 136 valence electrons. The zero-order valence-electron chi connectivity index (χ0n) is 13.9. The first-order valence-corrected chi connectivity index (χ1v) is 9.42. The first-order valence-electron chi connectivity index (χ1n) is 7.98. The summed E-state index contributed by atoms with van der Waals surface area (Å²) in [6.45, 7) is 4.07. The van der Waals surface area contributed by atoms with Gasteiger partial charge in [0.25, 0.3) is 5.91 Å². The second-order valence-corrected chi connectivity index (χ2v) is 8.24. The molecule has 0 radical (unpaired) electrons. The highest BCUT2D eigenvalue weighted by molar-refractivity contribution is 7.92. The van der Waals surface area contributed by atoms with Gasteiger partial charge in [0.05, 0.1) is 0 Å². The van der Waals surface area contributed by atoms with Gasteiger partial charge in [-0.25, -0.2) is 13.4 Å². The van der Waals surface area contributed by atoms with Gasteiger partial charge in [0, 0.05) is 18.2 Å². The first kappa shape index (κ1) is 17.7. The van der Waals surface area contributed by atoms with Crippen LogP contribution in [0.4, 0.5) is 10.1 Å². The van der Waals surface area contributed by atoms with Crippen LogP contribution >= 0.6 is 0 Å². The van der Waals surface area contributed by atoms with Crippen molar-refractivity contribution in [1.29, 1.82) is 0 Å². The molecule has 25 heavy (non-hydrogen) atoms. The van der Waals surface area contributed by atoms with Crippen LogP contribution in [0.5, 0.6) is 5.75 Å². The lowest BCUT2D eigenvalue weighted by atomic mass is 10.0. The smallest absolute Gasteiger partial charge is 0.326 e. The summed E-state index contributed by atoms with van der Waals surface area (Å²) in [5.74, 6) is -1.70. The van der Waals surface area contributed by atoms with Crippen molar-refractivity contribution >= 4 is 27.4 Å². The van der Waals surface area contributed by atoms with E-state index in [0.29, 0.717) is 22.3 Å². The van der Waals surface area contributed by atoms with Gasteiger partial charge in [-0.3, -0.25) is 4.79 Å². The Balaban J connectivity index is 2.01. The van der Waals surface area contributed by atoms with Gasteiger partial charge in [-0.1, -0.05) is 19.9 Å². The molecular formula is C16H20FN3O4S. The Labute approximate surface area is 145 Å². The highest BCUT2D eigenvalue weighted by Gasteiger charge is 2.38. The van der Waals surface area contributed by atoms with Gasteiger partial charge in [-0.05, 0) is 30.0 Å². The Morgan fingerprint density at radius 2 is 2.12 bits per heavy atom. The van der Waals surface area contributed by atoms with E-state index < -0.39 is 39.9 Å². The van der Waals surface area contributed by atoms with Gasteiger partial charge < -0.3 is 10.4 Å². The number of anilines is 1. The van der Waals surface area contributed by atoms with Gasteiger partial charge in [0.1, 0.15) is 18.0 Å². The maximum absolute atomic E-state index is 15.0. The van der Waals surface area contributed by atoms with E-state index in [-0.39, 0.29) is 11.6 Å². The second kappa shape index (κ2) is 6.30. The minimum Gasteiger partial charge on any atom is -0.506 e. The van der Waals surface area contributed by atoms with Gasteiger partial charge in [-0.2, -0.15) is 8.42 Å². The molecule has 1 aromatic carbocycles. The summed E-state index contributed by atoms with van der Waals surface area (Å²) >= 11 is 0. The molecule has 1 amide bonds. The number of benzene rings is 1. The van der Waals surface area contributed by atoms with Crippen LogP contribution in [0.15, 0.2) is 18.2 Å². The fourth-order valence-electron chi connectivity index (χ4n) is 3.13. The summed E-state index contributed by atoms with van der Waals surface area (Å²) in [5.41, 5.74) is 0.394. The molecule has 3 rings (SSSR count). The van der Waals surface area contributed by atoms with Crippen LogP contribution in [0.25, 0.3) is 5.57 Å². The average Bonchev–Trinajstić information content (AvgIpc) is 3.03. The molecule has 0 bridgehead atoms. The maximum Gasteiger partial charge on any atom is 0.326 e. The molecule has 7 nitrogen and oxygen atoms in total. The van der Waals surface area contributed by atoms with E-state index in [1.54, 1.807) is 4.72 Å². The van der Waals surface area contributed by atoms with Gasteiger partial charge in [0.15, 0.2) is 5.82 Å². The van der Waals surface area contributed by atoms with E-state index in [1.807, 2.05) is 6.08 Å². The zero-order chi connectivity index (χ0) is 18.4. The summed E-state index contributed by atoms with van der Waals surface area (Å²) in [6, 6.07) is 2.77. The minimum atomic E-state index is -4.20. The predicted octanol–water partition coefficient (Wildman–Crippen LogP) is 1.11. The van der Waals surface area contributed by atoms with Crippen molar-refractivity contribution in [2.45, 2.75) is 26.3 Å². The van der Waals surface area contributed by atoms with Crippen molar-refractivity contribution in [2.75, 3.05) is 17.4 Å². The number of nitrogens with zero attached hydrogens (tertiary/aromatic N) is 1. The molecular weight excluding hydrogens is 349 g/mol. The number of phenolic OH excluding ortho intramolecular Hbond substituents is 1. The third kappa shape index (κ3) is 3.34. The van der Waals surface area contributed by atoms with E-state index in [0.717, 1.165) is 6.42 Å². The minimum absolute atomic E-state index is 0.116. The molecule has 1 atom stereocenters. The highest BCUT2D eigenvalue weighted by Crippen LogP contribution is 2.38. The zero-order valence-corrected chi connectivity index (χ0v) is 14.7. The van der Waals surface area contributed by atoms with Crippen LogP contribution in [0, 0.1) is 11.7 Å². The monoisotopic (exact) mass is 369 g/mol. The van der Waals surface area contributed by atoms with Gasteiger partial charge in [0.2, 0.25) is 0 Å². The van der Waals surface area contributed by atoms with Crippen molar-refractivity contribution in [3.63, 3.8) is 0 Å². The van der Waals surface area contributed by atoms with Crippen molar-refractivity contribution < 1.29 is 22.7 Å². The van der Waals surface area contributed by atoms with Crippen molar-refractivity contribution in [2.24, 2.45) is 5.92 Å². The summed E-state index contributed by atoms with van der Waals surface area (Å²) in [6.07, 6.45) is 2.82. The molecule has 0 spiro atoms. The average molecular weight is 369 g/mol. The standard InChI is InChI=1S/C16H20FN3O4S/c1-9(2)5-11-6-10(7-18-11)12-3-4-13(21)16(15(12)17)20-8-14(22)19-25(20,23)24/h3-4,6,9,11,18,21H,5,7-8H2,1-2H3,(H,19,22)/t11-/m1/s1. The molecule has 2 aliphatic rings. The summed E-state index contributed by atoms with van der Waals surface area (Å²) < 4.78 is 41.3. The number of amides is 1. The number of aromatic hydroxyl groups is 1. The number of carbonyl (C=O) groups is 1. The molecule has 0 saturated carbocycles. The normalized spacial score (nSPS) is 22.4. The molecule has 1 fully saturated rings. The van der Waals surface area contributed by atoms with Crippen molar-refractivity contribution in [3.8, 4) is 5.75 Å².